The molecule has 1 aromatic rings. The van der Waals surface area contributed by atoms with Crippen molar-refractivity contribution in [2.75, 3.05) is 13.1 Å². The summed E-state index contributed by atoms with van der Waals surface area (Å²) in [5.41, 5.74) is 0. The Morgan fingerprint density at radius 1 is 1.53 bits per heavy atom. The van der Waals surface area contributed by atoms with Crippen LogP contribution in [0.15, 0.2) is 22.6 Å². The van der Waals surface area contributed by atoms with E-state index < -0.39 is 0 Å². The second-order valence-electron chi connectivity index (χ2n) is 5.62. The zero-order valence-corrected chi connectivity index (χ0v) is 11.1. The fourth-order valence-corrected chi connectivity index (χ4v) is 2.58. The lowest BCUT2D eigenvalue weighted by molar-refractivity contribution is -0.125. The van der Waals surface area contributed by atoms with Crippen molar-refractivity contribution in [3.63, 3.8) is 0 Å². The van der Waals surface area contributed by atoms with Gasteiger partial charge in [-0.2, -0.15) is 0 Å². The SMILES string of the molecule is CC1CC1c1ccc(/C=C/C(=O)N2CC[C@@H](O)C2)o1. The summed E-state index contributed by atoms with van der Waals surface area (Å²) < 4.78 is 5.71. The van der Waals surface area contributed by atoms with Crippen molar-refractivity contribution in [3.8, 4) is 0 Å². The molecule has 4 heteroatoms. The van der Waals surface area contributed by atoms with Crippen LogP contribution in [-0.4, -0.2) is 35.1 Å². The summed E-state index contributed by atoms with van der Waals surface area (Å²) in [6.07, 6.45) is 4.73. The highest BCUT2D eigenvalue weighted by Gasteiger charge is 2.36. The average molecular weight is 261 g/mol. The molecule has 102 valence electrons. The van der Waals surface area contributed by atoms with Crippen molar-refractivity contribution in [2.45, 2.75) is 31.8 Å². The van der Waals surface area contributed by atoms with Crippen LogP contribution in [0, 0.1) is 5.92 Å². The van der Waals surface area contributed by atoms with Gasteiger partial charge < -0.3 is 14.4 Å². The molecule has 2 heterocycles. The van der Waals surface area contributed by atoms with Gasteiger partial charge in [-0.05, 0) is 37.0 Å². The van der Waals surface area contributed by atoms with E-state index in [0.29, 0.717) is 25.4 Å². The molecule has 1 N–H and O–H groups in total. The Labute approximate surface area is 112 Å². The van der Waals surface area contributed by atoms with Crippen LogP contribution in [0.1, 0.15) is 37.2 Å². The highest BCUT2D eigenvalue weighted by atomic mass is 16.3. The molecule has 1 saturated heterocycles. The standard InChI is InChI=1S/C15H19NO3/c1-10-8-13(10)14-4-2-12(19-14)3-5-15(18)16-7-6-11(17)9-16/h2-5,10-11,13,17H,6-9H2,1H3/b5-3+/t10?,11-,13?/m1/s1. The van der Waals surface area contributed by atoms with E-state index in [2.05, 4.69) is 6.92 Å². The molecule has 0 radical (unpaired) electrons. The number of carbonyl (C=O) groups excluding carboxylic acids is 1. The molecule has 1 aromatic heterocycles. The van der Waals surface area contributed by atoms with Crippen LogP contribution in [0.4, 0.5) is 0 Å². The van der Waals surface area contributed by atoms with Gasteiger partial charge >= 0.3 is 0 Å². The van der Waals surface area contributed by atoms with Crippen molar-refractivity contribution in [1.29, 1.82) is 0 Å². The van der Waals surface area contributed by atoms with Gasteiger partial charge in [-0.3, -0.25) is 4.79 Å². The molecule has 0 spiro atoms. The molecule has 4 nitrogen and oxygen atoms in total. The number of hydrogen-bond donors (Lipinski definition) is 1. The van der Waals surface area contributed by atoms with Crippen LogP contribution in [0.5, 0.6) is 0 Å². The molecule has 0 bridgehead atoms. The number of likely N-dealkylation sites (tertiary alicyclic amines) is 1. The second kappa shape index (κ2) is 4.85. The summed E-state index contributed by atoms with van der Waals surface area (Å²) in [7, 11) is 0. The predicted octanol–water partition coefficient (Wildman–Crippen LogP) is 2.01. The molecular formula is C15H19NO3. The van der Waals surface area contributed by atoms with Gasteiger partial charge in [0.25, 0.3) is 0 Å². The normalized spacial score (nSPS) is 30.2. The Hall–Kier alpha value is -1.55. The van der Waals surface area contributed by atoms with Crippen LogP contribution < -0.4 is 0 Å². The number of nitrogens with zero attached hydrogens (tertiary/aromatic N) is 1. The van der Waals surface area contributed by atoms with Crippen molar-refractivity contribution in [1.82, 2.24) is 4.90 Å². The number of hydrogen-bond acceptors (Lipinski definition) is 3. The zero-order chi connectivity index (χ0) is 13.4. The van der Waals surface area contributed by atoms with Crippen LogP contribution >= 0.6 is 0 Å². The summed E-state index contributed by atoms with van der Waals surface area (Å²) in [5.74, 6) is 2.97. The maximum Gasteiger partial charge on any atom is 0.246 e. The number of furan rings is 1. The van der Waals surface area contributed by atoms with E-state index in [-0.39, 0.29) is 12.0 Å². The van der Waals surface area contributed by atoms with Crippen molar-refractivity contribution in [3.05, 3.63) is 29.7 Å². The second-order valence-corrected chi connectivity index (χ2v) is 5.62. The van der Waals surface area contributed by atoms with Gasteiger partial charge in [-0.1, -0.05) is 6.92 Å². The van der Waals surface area contributed by atoms with Crippen molar-refractivity contribution >= 4 is 12.0 Å². The fraction of sp³-hybridized carbons (Fsp3) is 0.533. The Balaban J connectivity index is 1.59. The molecule has 0 aromatic carbocycles. The molecule has 2 fully saturated rings. The quantitative estimate of drug-likeness (QED) is 0.847. The molecule has 3 rings (SSSR count). The van der Waals surface area contributed by atoms with E-state index >= 15 is 0 Å². The molecule has 1 aliphatic carbocycles. The van der Waals surface area contributed by atoms with Gasteiger partial charge in [0.1, 0.15) is 11.5 Å². The summed E-state index contributed by atoms with van der Waals surface area (Å²) >= 11 is 0. The van der Waals surface area contributed by atoms with Crippen LogP contribution in [0.3, 0.4) is 0 Å². The van der Waals surface area contributed by atoms with Gasteiger partial charge in [0.15, 0.2) is 0 Å². The van der Waals surface area contributed by atoms with E-state index in [0.717, 1.165) is 17.4 Å². The Kier molecular flexibility index (Phi) is 3.19. The number of rotatable bonds is 3. The molecule has 19 heavy (non-hydrogen) atoms. The van der Waals surface area contributed by atoms with E-state index in [9.17, 15) is 9.90 Å². The number of carbonyl (C=O) groups is 1. The fourth-order valence-electron chi connectivity index (χ4n) is 2.58. The first-order chi connectivity index (χ1) is 9.13. The first-order valence-corrected chi connectivity index (χ1v) is 6.88. The highest BCUT2D eigenvalue weighted by Crippen LogP contribution is 2.47. The van der Waals surface area contributed by atoms with Gasteiger partial charge in [0.2, 0.25) is 5.91 Å². The van der Waals surface area contributed by atoms with E-state index in [1.54, 1.807) is 11.0 Å². The lowest BCUT2D eigenvalue weighted by Gasteiger charge is -2.11. The van der Waals surface area contributed by atoms with Gasteiger partial charge in [-0.15, -0.1) is 0 Å². The third-order valence-corrected chi connectivity index (χ3v) is 3.99. The molecule has 1 saturated carbocycles. The van der Waals surface area contributed by atoms with Crippen molar-refractivity contribution < 1.29 is 14.3 Å². The van der Waals surface area contributed by atoms with Crippen LogP contribution in [0.25, 0.3) is 6.08 Å². The number of aliphatic hydroxyl groups is 1. The average Bonchev–Trinajstić information content (AvgIpc) is 2.84. The molecule has 3 atom stereocenters. The van der Waals surface area contributed by atoms with Gasteiger partial charge in [-0.25, -0.2) is 0 Å². The first-order valence-electron chi connectivity index (χ1n) is 6.88. The summed E-state index contributed by atoms with van der Waals surface area (Å²) in [5, 5.41) is 9.39. The lowest BCUT2D eigenvalue weighted by Crippen LogP contribution is -2.27. The Morgan fingerprint density at radius 2 is 2.32 bits per heavy atom. The van der Waals surface area contributed by atoms with E-state index in [1.807, 2.05) is 12.1 Å². The molecule has 2 aliphatic rings. The summed E-state index contributed by atoms with van der Waals surface area (Å²) in [6, 6.07) is 3.90. The van der Waals surface area contributed by atoms with E-state index in [4.69, 9.17) is 4.42 Å². The monoisotopic (exact) mass is 261 g/mol. The molecular weight excluding hydrogens is 242 g/mol. The third-order valence-electron chi connectivity index (χ3n) is 3.99. The minimum atomic E-state index is -0.371. The maximum absolute atomic E-state index is 11.9. The zero-order valence-electron chi connectivity index (χ0n) is 11.1. The lowest BCUT2D eigenvalue weighted by atomic mass is 10.3. The Morgan fingerprint density at radius 3 is 2.95 bits per heavy atom. The smallest absolute Gasteiger partial charge is 0.246 e. The molecule has 1 aliphatic heterocycles. The summed E-state index contributed by atoms with van der Waals surface area (Å²) in [6.45, 7) is 3.28. The minimum Gasteiger partial charge on any atom is -0.461 e. The first kappa shape index (κ1) is 12.5. The number of β-amino-alcohol motifs (C(OH)–C–C–N with tert-alkyl or cyclic N) is 1. The maximum atomic E-state index is 11.9. The largest absolute Gasteiger partial charge is 0.461 e. The van der Waals surface area contributed by atoms with Gasteiger partial charge in [0, 0.05) is 25.1 Å². The van der Waals surface area contributed by atoms with Crippen LogP contribution in [-0.2, 0) is 4.79 Å². The Bertz CT molecular complexity index is 505. The molecule has 2 unspecified atom stereocenters. The highest BCUT2D eigenvalue weighted by molar-refractivity contribution is 5.91. The van der Waals surface area contributed by atoms with Crippen LogP contribution in [0.2, 0.25) is 0 Å². The number of amides is 1. The van der Waals surface area contributed by atoms with Gasteiger partial charge in [0.05, 0.1) is 6.10 Å². The van der Waals surface area contributed by atoms with E-state index in [1.165, 1.54) is 12.5 Å². The molecule has 1 amide bonds. The minimum absolute atomic E-state index is 0.0608. The van der Waals surface area contributed by atoms with Crippen molar-refractivity contribution in [2.24, 2.45) is 5.92 Å². The third kappa shape index (κ3) is 2.73. The summed E-state index contributed by atoms with van der Waals surface area (Å²) in [4.78, 5) is 13.5. The predicted molar refractivity (Wildman–Crippen MR) is 71.5 cm³/mol. The topological polar surface area (TPSA) is 53.7 Å². The number of aliphatic hydroxyl groups excluding tert-OH is 1.